The fraction of sp³-hybridized carbons (Fsp3) is 0.500. The van der Waals surface area contributed by atoms with E-state index in [1.54, 1.807) is 12.1 Å². The molecule has 1 aromatic rings. The van der Waals surface area contributed by atoms with Crippen LogP contribution in [-0.4, -0.2) is 54.8 Å². The molecule has 6 heteroatoms. The molecule has 1 fully saturated rings. The van der Waals surface area contributed by atoms with E-state index in [1.165, 1.54) is 11.9 Å². The first-order valence-electron chi connectivity index (χ1n) is 7.32. The summed E-state index contributed by atoms with van der Waals surface area (Å²) in [7, 11) is 1.48. The number of carboxylic acids is 1. The van der Waals surface area contributed by atoms with E-state index in [9.17, 15) is 9.59 Å². The Hall–Kier alpha value is -1.92. The van der Waals surface area contributed by atoms with Crippen LogP contribution in [0.4, 0.5) is 0 Å². The first kappa shape index (κ1) is 16.5. The number of carboxylic acid groups (broad SMARTS) is 1. The summed E-state index contributed by atoms with van der Waals surface area (Å²) in [6.45, 7) is 1.42. The molecule has 1 aliphatic heterocycles. The summed E-state index contributed by atoms with van der Waals surface area (Å²) in [5.74, 6) is -1.35. The Balaban J connectivity index is 2.02. The maximum absolute atomic E-state index is 12.3. The highest BCUT2D eigenvalue weighted by Gasteiger charge is 2.19. The quantitative estimate of drug-likeness (QED) is 0.862. The van der Waals surface area contributed by atoms with Gasteiger partial charge in [0.1, 0.15) is 6.54 Å². The molecule has 0 spiro atoms. The third kappa shape index (κ3) is 4.54. The molecule has 0 bridgehead atoms. The van der Waals surface area contributed by atoms with Gasteiger partial charge in [0.25, 0.3) is 5.91 Å². The first-order chi connectivity index (χ1) is 10.6. The lowest BCUT2D eigenvalue weighted by atomic mass is 10.1. The minimum Gasteiger partial charge on any atom is -0.480 e. The Morgan fingerprint density at radius 3 is 2.68 bits per heavy atom. The van der Waals surface area contributed by atoms with E-state index in [0.29, 0.717) is 25.4 Å². The second-order valence-electron chi connectivity index (χ2n) is 5.33. The average Bonchev–Trinajstić information content (AvgIpc) is 2.53. The van der Waals surface area contributed by atoms with Crippen molar-refractivity contribution in [2.24, 2.45) is 0 Å². The van der Waals surface area contributed by atoms with Crippen molar-refractivity contribution in [3.63, 3.8) is 0 Å². The van der Waals surface area contributed by atoms with Gasteiger partial charge < -0.3 is 19.5 Å². The van der Waals surface area contributed by atoms with Crippen molar-refractivity contribution in [2.75, 3.05) is 26.8 Å². The predicted octanol–water partition coefficient (Wildman–Crippen LogP) is 1.54. The number of carbonyl (C=O) groups excluding carboxylic acids is 1. The molecule has 1 heterocycles. The molecule has 0 unspecified atom stereocenters. The minimum absolute atomic E-state index is 0.147. The fourth-order valence-electron chi connectivity index (χ4n) is 2.39. The van der Waals surface area contributed by atoms with Crippen LogP contribution in [0.25, 0.3) is 0 Å². The predicted molar refractivity (Wildman–Crippen MR) is 79.7 cm³/mol. The Morgan fingerprint density at radius 2 is 2.00 bits per heavy atom. The van der Waals surface area contributed by atoms with Gasteiger partial charge in [-0.2, -0.15) is 0 Å². The van der Waals surface area contributed by atoms with Crippen LogP contribution in [0.2, 0.25) is 0 Å². The molecule has 0 aromatic heterocycles. The van der Waals surface area contributed by atoms with Crippen LogP contribution in [0.5, 0.6) is 0 Å². The van der Waals surface area contributed by atoms with Crippen LogP contribution in [0.3, 0.4) is 0 Å². The Kier molecular flexibility index (Phi) is 5.91. The topological polar surface area (TPSA) is 76.1 Å². The van der Waals surface area contributed by atoms with Gasteiger partial charge in [0.2, 0.25) is 0 Å². The van der Waals surface area contributed by atoms with Crippen LogP contribution in [-0.2, 0) is 20.9 Å². The molecule has 0 atom stereocenters. The van der Waals surface area contributed by atoms with Gasteiger partial charge >= 0.3 is 5.97 Å². The number of amides is 1. The fourth-order valence-corrected chi connectivity index (χ4v) is 2.39. The number of hydrogen-bond acceptors (Lipinski definition) is 4. The molecule has 1 amide bonds. The molecular weight excluding hydrogens is 286 g/mol. The van der Waals surface area contributed by atoms with E-state index >= 15 is 0 Å². The van der Waals surface area contributed by atoms with Crippen molar-refractivity contribution in [2.45, 2.75) is 25.6 Å². The van der Waals surface area contributed by atoms with Crippen molar-refractivity contribution < 1.29 is 24.2 Å². The monoisotopic (exact) mass is 307 g/mol. The Morgan fingerprint density at radius 1 is 1.32 bits per heavy atom. The summed E-state index contributed by atoms with van der Waals surface area (Å²) < 4.78 is 11.1. The van der Waals surface area contributed by atoms with Gasteiger partial charge in [-0.3, -0.25) is 9.59 Å². The minimum atomic E-state index is -1.04. The lowest BCUT2D eigenvalue weighted by Crippen LogP contribution is -2.32. The molecule has 1 N–H and O–H groups in total. The molecule has 2 rings (SSSR count). The maximum atomic E-state index is 12.3. The van der Waals surface area contributed by atoms with Gasteiger partial charge in [-0.25, -0.2) is 0 Å². The van der Waals surface area contributed by atoms with Gasteiger partial charge in [-0.15, -0.1) is 0 Å². The molecule has 6 nitrogen and oxygen atoms in total. The second kappa shape index (κ2) is 7.91. The van der Waals surface area contributed by atoms with E-state index in [2.05, 4.69) is 0 Å². The highest BCUT2D eigenvalue weighted by molar-refractivity contribution is 5.96. The number of rotatable bonds is 6. The number of likely N-dealkylation sites (N-methyl/N-ethyl adjacent to an activating group) is 1. The second-order valence-corrected chi connectivity index (χ2v) is 5.33. The molecule has 22 heavy (non-hydrogen) atoms. The van der Waals surface area contributed by atoms with Crippen LogP contribution in [0.15, 0.2) is 24.3 Å². The molecule has 0 radical (unpaired) electrons. The van der Waals surface area contributed by atoms with Crippen LogP contribution >= 0.6 is 0 Å². The van der Waals surface area contributed by atoms with Crippen molar-refractivity contribution in [3.05, 3.63) is 35.4 Å². The Labute approximate surface area is 129 Å². The summed E-state index contributed by atoms with van der Waals surface area (Å²) in [5.41, 5.74) is 1.26. The van der Waals surface area contributed by atoms with Crippen LogP contribution in [0, 0.1) is 0 Å². The van der Waals surface area contributed by atoms with E-state index in [0.717, 1.165) is 18.4 Å². The molecule has 1 aliphatic rings. The molecule has 120 valence electrons. The van der Waals surface area contributed by atoms with Gasteiger partial charge in [0.05, 0.1) is 12.7 Å². The summed E-state index contributed by atoms with van der Waals surface area (Å²) in [6.07, 6.45) is 1.86. The van der Waals surface area contributed by atoms with Crippen molar-refractivity contribution in [3.8, 4) is 0 Å². The smallest absolute Gasteiger partial charge is 0.323 e. The summed E-state index contributed by atoms with van der Waals surface area (Å²) in [6, 6.07) is 7.14. The van der Waals surface area contributed by atoms with E-state index in [-0.39, 0.29) is 18.6 Å². The molecule has 0 aliphatic carbocycles. The zero-order valence-corrected chi connectivity index (χ0v) is 12.7. The third-order valence-electron chi connectivity index (χ3n) is 3.61. The molecular formula is C16H21NO5. The Bertz CT molecular complexity index is 525. The van der Waals surface area contributed by atoms with E-state index < -0.39 is 5.97 Å². The van der Waals surface area contributed by atoms with Gasteiger partial charge in [0.15, 0.2) is 0 Å². The first-order valence-corrected chi connectivity index (χ1v) is 7.32. The number of benzene rings is 1. The molecule has 1 saturated heterocycles. The highest BCUT2D eigenvalue weighted by atomic mass is 16.5. The number of aliphatic carboxylic acids is 1. The van der Waals surface area contributed by atoms with Crippen molar-refractivity contribution in [1.29, 1.82) is 0 Å². The maximum Gasteiger partial charge on any atom is 0.323 e. The average molecular weight is 307 g/mol. The van der Waals surface area contributed by atoms with Crippen molar-refractivity contribution in [1.82, 2.24) is 4.90 Å². The number of ether oxygens (including phenoxy) is 2. The molecule has 0 saturated carbocycles. The number of carbonyl (C=O) groups is 2. The van der Waals surface area contributed by atoms with Crippen LogP contribution < -0.4 is 0 Å². The normalized spacial score (nSPS) is 15.5. The van der Waals surface area contributed by atoms with E-state index in [4.69, 9.17) is 14.6 Å². The number of nitrogens with zero attached hydrogens (tertiary/aromatic N) is 1. The largest absolute Gasteiger partial charge is 0.480 e. The lowest BCUT2D eigenvalue weighted by Gasteiger charge is -2.23. The zero-order chi connectivity index (χ0) is 15.9. The van der Waals surface area contributed by atoms with Gasteiger partial charge in [-0.05, 0) is 24.5 Å². The van der Waals surface area contributed by atoms with Gasteiger partial charge in [0, 0.05) is 25.8 Å². The van der Waals surface area contributed by atoms with Crippen molar-refractivity contribution >= 4 is 11.9 Å². The number of hydrogen-bond donors (Lipinski definition) is 1. The summed E-state index contributed by atoms with van der Waals surface area (Å²) in [5, 5.41) is 8.79. The lowest BCUT2D eigenvalue weighted by molar-refractivity contribution is -0.137. The SMILES string of the molecule is CN(CC(=O)O)C(=O)c1ccccc1COC1CCOCC1. The summed E-state index contributed by atoms with van der Waals surface area (Å²) >= 11 is 0. The van der Waals surface area contributed by atoms with Crippen LogP contribution in [0.1, 0.15) is 28.8 Å². The summed E-state index contributed by atoms with van der Waals surface area (Å²) in [4.78, 5) is 24.3. The zero-order valence-electron chi connectivity index (χ0n) is 12.7. The third-order valence-corrected chi connectivity index (χ3v) is 3.61. The highest BCUT2D eigenvalue weighted by Crippen LogP contribution is 2.17. The van der Waals surface area contributed by atoms with Gasteiger partial charge in [-0.1, -0.05) is 18.2 Å². The van der Waals surface area contributed by atoms with E-state index in [1.807, 2.05) is 12.1 Å². The molecule has 1 aromatic carbocycles. The standard InChI is InChI=1S/C16H21NO5/c1-17(10-15(18)19)16(20)14-5-3-2-4-12(14)11-22-13-6-8-21-9-7-13/h2-5,13H,6-11H2,1H3,(H,18,19).